The predicted molar refractivity (Wildman–Crippen MR) is 93.0 cm³/mol. The van der Waals surface area contributed by atoms with Gasteiger partial charge in [0.1, 0.15) is 0 Å². The Morgan fingerprint density at radius 2 is 2.25 bits per heavy atom. The van der Waals surface area contributed by atoms with Gasteiger partial charge in [-0.25, -0.2) is 4.79 Å². The highest BCUT2D eigenvalue weighted by molar-refractivity contribution is 6.34. The molecule has 2 N–H and O–H groups in total. The maximum atomic E-state index is 12.3. The molecule has 0 aliphatic carbocycles. The zero-order valence-corrected chi connectivity index (χ0v) is 14.4. The molecule has 0 bridgehead atoms. The quantitative estimate of drug-likeness (QED) is 0.875. The Balaban J connectivity index is 2.00. The zero-order valence-electron chi connectivity index (χ0n) is 13.6. The molecule has 24 heavy (non-hydrogen) atoms. The van der Waals surface area contributed by atoms with Crippen molar-refractivity contribution in [2.24, 2.45) is 5.92 Å². The van der Waals surface area contributed by atoms with Crippen molar-refractivity contribution >= 4 is 29.2 Å². The van der Waals surface area contributed by atoms with Crippen LogP contribution in [-0.2, 0) is 0 Å². The van der Waals surface area contributed by atoms with Crippen LogP contribution in [0.2, 0.25) is 5.02 Å². The van der Waals surface area contributed by atoms with Crippen LogP contribution in [0.15, 0.2) is 18.2 Å². The minimum absolute atomic E-state index is 0.113. The molecule has 7 heteroatoms. The number of likely N-dealkylation sites (tertiary alicyclic amines) is 1. The molecule has 1 aromatic rings. The van der Waals surface area contributed by atoms with Crippen LogP contribution < -0.4 is 10.6 Å². The Labute approximate surface area is 146 Å². The SMILES string of the molecule is CCCNC(=O)c1ccc(NC(=O)N2CCCC(C#N)C2)cc1Cl. The van der Waals surface area contributed by atoms with E-state index in [1.54, 1.807) is 23.1 Å². The number of carbonyl (C=O) groups excluding carboxylic acids is 2. The molecule has 1 aliphatic rings. The first kappa shape index (κ1) is 18.1. The lowest BCUT2D eigenvalue weighted by Crippen LogP contribution is -2.42. The third kappa shape index (κ3) is 4.62. The van der Waals surface area contributed by atoms with Gasteiger partial charge < -0.3 is 15.5 Å². The molecule has 1 fully saturated rings. The van der Waals surface area contributed by atoms with E-state index < -0.39 is 0 Å². The highest BCUT2D eigenvalue weighted by Crippen LogP contribution is 2.22. The number of amides is 3. The Bertz CT molecular complexity index is 656. The van der Waals surface area contributed by atoms with Crippen LogP contribution in [0.5, 0.6) is 0 Å². The summed E-state index contributed by atoms with van der Waals surface area (Å²) in [6.45, 7) is 3.63. The number of nitrogens with one attached hydrogen (secondary N) is 2. The molecule has 1 unspecified atom stereocenters. The number of anilines is 1. The number of nitriles is 1. The third-order valence-corrected chi connectivity index (χ3v) is 4.20. The maximum Gasteiger partial charge on any atom is 0.321 e. The summed E-state index contributed by atoms with van der Waals surface area (Å²) >= 11 is 6.15. The van der Waals surface area contributed by atoms with Crippen molar-refractivity contribution in [3.05, 3.63) is 28.8 Å². The van der Waals surface area contributed by atoms with Gasteiger partial charge in [0.2, 0.25) is 0 Å². The minimum Gasteiger partial charge on any atom is -0.352 e. The van der Waals surface area contributed by atoms with Crippen molar-refractivity contribution in [3.8, 4) is 6.07 Å². The minimum atomic E-state index is -0.255. The fourth-order valence-corrected chi connectivity index (χ4v) is 2.85. The van der Waals surface area contributed by atoms with Crippen LogP contribution in [0.4, 0.5) is 10.5 Å². The fourth-order valence-electron chi connectivity index (χ4n) is 2.58. The van der Waals surface area contributed by atoms with E-state index >= 15 is 0 Å². The molecule has 6 nitrogen and oxygen atoms in total. The van der Waals surface area contributed by atoms with Gasteiger partial charge in [0.15, 0.2) is 0 Å². The molecule has 128 valence electrons. The van der Waals surface area contributed by atoms with Gasteiger partial charge in [0, 0.05) is 25.3 Å². The van der Waals surface area contributed by atoms with Gasteiger partial charge >= 0.3 is 6.03 Å². The Kier molecular flexibility index (Phi) is 6.44. The lowest BCUT2D eigenvalue weighted by molar-refractivity contribution is 0.0954. The topological polar surface area (TPSA) is 85.2 Å². The van der Waals surface area contributed by atoms with Crippen molar-refractivity contribution in [1.82, 2.24) is 10.2 Å². The number of hydrogen-bond donors (Lipinski definition) is 2. The lowest BCUT2D eigenvalue weighted by Gasteiger charge is -2.29. The Morgan fingerprint density at radius 1 is 1.46 bits per heavy atom. The van der Waals surface area contributed by atoms with Crippen molar-refractivity contribution < 1.29 is 9.59 Å². The molecule has 2 rings (SSSR count). The largest absolute Gasteiger partial charge is 0.352 e. The van der Waals surface area contributed by atoms with E-state index in [9.17, 15) is 9.59 Å². The predicted octanol–water partition coefficient (Wildman–Crippen LogP) is 3.25. The highest BCUT2D eigenvalue weighted by atomic mass is 35.5. The van der Waals surface area contributed by atoms with Crippen molar-refractivity contribution in [2.75, 3.05) is 25.0 Å². The Morgan fingerprint density at radius 3 is 2.92 bits per heavy atom. The molecule has 1 saturated heterocycles. The molecule has 0 saturated carbocycles. The molecule has 1 aliphatic heterocycles. The second-order valence-electron chi connectivity index (χ2n) is 5.79. The summed E-state index contributed by atoms with van der Waals surface area (Å²) in [5.74, 6) is -0.342. The molecular weight excluding hydrogens is 328 g/mol. The van der Waals surface area contributed by atoms with Gasteiger partial charge in [-0.15, -0.1) is 0 Å². The number of benzene rings is 1. The number of hydrogen-bond acceptors (Lipinski definition) is 3. The molecular formula is C17H21ClN4O2. The summed E-state index contributed by atoms with van der Waals surface area (Å²) in [6, 6.07) is 6.76. The smallest absolute Gasteiger partial charge is 0.321 e. The first-order valence-corrected chi connectivity index (χ1v) is 8.46. The van der Waals surface area contributed by atoms with Crippen LogP contribution in [0.1, 0.15) is 36.5 Å². The van der Waals surface area contributed by atoms with Crippen molar-refractivity contribution in [3.63, 3.8) is 0 Å². The normalized spacial score (nSPS) is 17.0. The van der Waals surface area contributed by atoms with Crippen LogP contribution in [0.3, 0.4) is 0 Å². The average Bonchev–Trinajstić information content (AvgIpc) is 2.59. The fraction of sp³-hybridized carbons (Fsp3) is 0.471. The highest BCUT2D eigenvalue weighted by Gasteiger charge is 2.23. The maximum absolute atomic E-state index is 12.3. The first-order valence-electron chi connectivity index (χ1n) is 8.08. The van der Waals surface area contributed by atoms with Gasteiger partial charge in [-0.2, -0.15) is 5.26 Å². The van der Waals surface area contributed by atoms with Crippen molar-refractivity contribution in [2.45, 2.75) is 26.2 Å². The van der Waals surface area contributed by atoms with Gasteiger partial charge in [0.25, 0.3) is 5.91 Å². The molecule has 0 radical (unpaired) electrons. The third-order valence-electron chi connectivity index (χ3n) is 3.89. The molecule has 3 amide bonds. The van der Waals surface area contributed by atoms with Crippen molar-refractivity contribution in [1.29, 1.82) is 5.26 Å². The summed E-state index contributed by atoms with van der Waals surface area (Å²) in [4.78, 5) is 25.9. The molecule has 1 heterocycles. The van der Waals surface area contributed by atoms with E-state index in [4.69, 9.17) is 16.9 Å². The van der Waals surface area contributed by atoms with E-state index in [1.807, 2.05) is 6.92 Å². The molecule has 0 spiro atoms. The number of urea groups is 1. The molecule has 1 atom stereocenters. The number of rotatable bonds is 4. The van der Waals surface area contributed by atoms with Gasteiger partial charge in [-0.3, -0.25) is 4.79 Å². The summed E-state index contributed by atoms with van der Waals surface area (Å²) in [5, 5.41) is 14.8. The summed E-state index contributed by atoms with van der Waals surface area (Å²) in [7, 11) is 0. The summed E-state index contributed by atoms with van der Waals surface area (Å²) < 4.78 is 0. The second kappa shape index (κ2) is 8.55. The van der Waals surface area contributed by atoms with Gasteiger partial charge in [0.05, 0.1) is 22.6 Å². The number of carbonyl (C=O) groups is 2. The summed E-state index contributed by atoms with van der Waals surface area (Å²) in [5.41, 5.74) is 0.904. The van der Waals surface area contributed by atoms with Gasteiger partial charge in [-0.05, 0) is 37.5 Å². The van der Waals surface area contributed by atoms with E-state index in [0.717, 1.165) is 19.3 Å². The number of piperidine rings is 1. The lowest BCUT2D eigenvalue weighted by atomic mass is 10.0. The molecule has 0 aromatic heterocycles. The second-order valence-corrected chi connectivity index (χ2v) is 6.20. The Hall–Kier alpha value is -2.26. The van der Waals surface area contributed by atoms with E-state index in [2.05, 4.69) is 16.7 Å². The monoisotopic (exact) mass is 348 g/mol. The zero-order chi connectivity index (χ0) is 17.5. The van der Waals surface area contributed by atoms with Crippen LogP contribution in [0, 0.1) is 17.2 Å². The number of halogens is 1. The van der Waals surface area contributed by atoms with Crippen LogP contribution in [-0.4, -0.2) is 36.5 Å². The van der Waals surface area contributed by atoms with E-state index in [1.165, 1.54) is 0 Å². The van der Waals surface area contributed by atoms with Crippen LogP contribution >= 0.6 is 11.6 Å². The van der Waals surface area contributed by atoms with E-state index in [-0.39, 0.29) is 22.9 Å². The summed E-state index contributed by atoms with van der Waals surface area (Å²) in [6.07, 6.45) is 2.49. The molecule has 1 aromatic carbocycles. The van der Waals surface area contributed by atoms with E-state index in [0.29, 0.717) is 30.9 Å². The number of nitrogens with zero attached hydrogens (tertiary/aromatic N) is 2. The van der Waals surface area contributed by atoms with Gasteiger partial charge in [-0.1, -0.05) is 18.5 Å². The first-order chi connectivity index (χ1) is 11.5. The van der Waals surface area contributed by atoms with Crippen LogP contribution in [0.25, 0.3) is 0 Å². The standard InChI is InChI=1S/C17H21ClN4O2/c1-2-7-20-16(23)14-6-5-13(9-15(14)18)21-17(24)22-8-3-4-12(10-19)11-22/h5-6,9,12H,2-4,7-8,11H2,1H3,(H,20,23)(H,21,24). The average molecular weight is 349 g/mol.